The molecule has 1 N–H and O–H groups in total. The van der Waals surface area contributed by atoms with Gasteiger partial charge in [0.1, 0.15) is 0 Å². The van der Waals surface area contributed by atoms with Crippen molar-refractivity contribution in [1.29, 1.82) is 0 Å². The van der Waals surface area contributed by atoms with Gasteiger partial charge in [-0.2, -0.15) is 0 Å². The summed E-state index contributed by atoms with van der Waals surface area (Å²) in [6.45, 7) is 9.08. The van der Waals surface area contributed by atoms with Gasteiger partial charge in [0.15, 0.2) is 0 Å². The van der Waals surface area contributed by atoms with Gasteiger partial charge in [-0.15, -0.1) is 0 Å². The van der Waals surface area contributed by atoms with Crippen molar-refractivity contribution in [1.82, 2.24) is 5.32 Å². The highest BCUT2D eigenvalue weighted by molar-refractivity contribution is 4.86. The van der Waals surface area contributed by atoms with Crippen LogP contribution in [-0.4, -0.2) is 24.8 Å². The van der Waals surface area contributed by atoms with E-state index in [1.165, 1.54) is 38.6 Å². The van der Waals surface area contributed by atoms with Gasteiger partial charge in [-0.25, -0.2) is 0 Å². The molecular formula is C15H29NO. The highest BCUT2D eigenvalue weighted by Gasteiger charge is 2.32. The summed E-state index contributed by atoms with van der Waals surface area (Å²) in [5, 5.41) is 3.80. The highest BCUT2D eigenvalue weighted by Crippen LogP contribution is 2.32. The average Bonchev–Trinajstić information content (AvgIpc) is 2.73. The predicted molar refractivity (Wildman–Crippen MR) is 72.2 cm³/mol. The van der Waals surface area contributed by atoms with E-state index in [1.54, 1.807) is 0 Å². The monoisotopic (exact) mass is 239 g/mol. The lowest BCUT2D eigenvalue weighted by Crippen LogP contribution is -2.46. The third-order valence-electron chi connectivity index (χ3n) is 5.05. The Morgan fingerprint density at radius 2 is 2.12 bits per heavy atom. The van der Waals surface area contributed by atoms with Gasteiger partial charge in [-0.1, -0.05) is 26.7 Å². The van der Waals surface area contributed by atoms with Crippen LogP contribution in [0.15, 0.2) is 0 Å². The summed E-state index contributed by atoms with van der Waals surface area (Å²) in [5.74, 6) is 1.85. The van der Waals surface area contributed by atoms with Crippen molar-refractivity contribution in [3.05, 3.63) is 0 Å². The van der Waals surface area contributed by atoms with E-state index in [0.29, 0.717) is 6.04 Å². The van der Waals surface area contributed by atoms with E-state index >= 15 is 0 Å². The summed E-state index contributed by atoms with van der Waals surface area (Å²) < 4.78 is 5.90. The molecule has 4 unspecified atom stereocenters. The van der Waals surface area contributed by atoms with Crippen LogP contribution in [0.5, 0.6) is 0 Å². The predicted octanol–water partition coefficient (Wildman–Crippen LogP) is 3.36. The molecule has 1 saturated carbocycles. The third kappa shape index (κ3) is 3.45. The Labute approximate surface area is 107 Å². The van der Waals surface area contributed by atoms with E-state index in [0.717, 1.165) is 24.9 Å². The second-order valence-corrected chi connectivity index (χ2v) is 6.42. The molecule has 0 bridgehead atoms. The van der Waals surface area contributed by atoms with E-state index in [1.807, 2.05) is 0 Å². The van der Waals surface area contributed by atoms with Crippen LogP contribution in [-0.2, 0) is 4.74 Å². The van der Waals surface area contributed by atoms with Gasteiger partial charge in [0, 0.05) is 12.6 Å². The minimum Gasteiger partial charge on any atom is -0.375 e. The molecule has 2 fully saturated rings. The molecule has 100 valence electrons. The molecule has 0 aromatic heterocycles. The smallest absolute Gasteiger partial charge is 0.0666 e. The van der Waals surface area contributed by atoms with Crippen LogP contribution in [0.3, 0.4) is 0 Å². The summed E-state index contributed by atoms with van der Waals surface area (Å²) in [6.07, 6.45) is 7.81. The van der Waals surface area contributed by atoms with Crippen LogP contribution in [0.2, 0.25) is 0 Å². The van der Waals surface area contributed by atoms with Gasteiger partial charge in [-0.3, -0.25) is 0 Å². The normalized spacial score (nSPS) is 42.9. The van der Waals surface area contributed by atoms with E-state index < -0.39 is 0 Å². The first-order valence-electron chi connectivity index (χ1n) is 7.50. The van der Waals surface area contributed by atoms with E-state index in [4.69, 9.17) is 4.74 Å². The number of rotatable bonds is 4. The minimum absolute atomic E-state index is 0.122. The van der Waals surface area contributed by atoms with Gasteiger partial charge in [0.25, 0.3) is 0 Å². The molecule has 2 nitrogen and oxygen atoms in total. The number of hydrogen-bond donors (Lipinski definition) is 1. The SMILES string of the molecule is CCC1(C)CC(NCC2CCCC2C)CCO1. The molecule has 1 heterocycles. The summed E-state index contributed by atoms with van der Waals surface area (Å²) in [6, 6.07) is 0.682. The highest BCUT2D eigenvalue weighted by atomic mass is 16.5. The van der Waals surface area contributed by atoms with Crippen molar-refractivity contribution < 1.29 is 4.74 Å². The van der Waals surface area contributed by atoms with Crippen LogP contribution >= 0.6 is 0 Å². The minimum atomic E-state index is 0.122. The molecule has 2 rings (SSSR count). The first kappa shape index (κ1) is 13.4. The molecule has 0 spiro atoms. The average molecular weight is 239 g/mol. The molecular weight excluding hydrogens is 210 g/mol. The fourth-order valence-corrected chi connectivity index (χ4v) is 3.39. The van der Waals surface area contributed by atoms with Crippen molar-refractivity contribution in [3.8, 4) is 0 Å². The Balaban J connectivity index is 1.75. The zero-order valence-corrected chi connectivity index (χ0v) is 11.8. The maximum atomic E-state index is 5.90. The second kappa shape index (κ2) is 5.71. The van der Waals surface area contributed by atoms with Gasteiger partial charge in [0.05, 0.1) is 5.60 Å². The molecule has 1 aliphatic heterocycles. The Morgan fingerprint density at radius 1 is 1.29 bits per heavy atom. The van der Waals surface area contributed by atoms with E-state index in [-0.39, 0.29) is 5.60 Å². The van der Waals surface area contributed by atoms with Crippen LogP contribution in [0, 0.1) is 11.8 Å². The summed E-state index contributed by atoms with van der Waals surface area (Å²) in [5.41, 5.74) is 0.122. The maximum absolute atomic E-state index is 5.90. The first-order chi connectivity index (χ1) is 8.13. The standard InChI is InChI=1S/C15H29NO/c1-4-15(3)10-14(8-9-17-15)16-11-13-7-5-6-12(13)2/h12-14,16H,4-11H2,1-3H3. The van der Waals surface area contributed by atoms with Gasteiger partial charge in [0.2, 0.25) is 0 Å². The van der Waals surface area contributed by atoms with Crippen molar-refractivity contribution in [2.75, 3.05) is 13.2 Å². The molecule has 4 atom stereocenters. The van der Waals surface area contributed by atoms with Gasteiger partial charge >= 0.3 is 0 Å². The van der Waals surface area contributed by atoms with E-state index in [2.05, 4.69) is 26.1 Å². The quantitative estimate of drug-likeness (QED) is 0.812. The molecule has 2 heteroatoms. The van der Waals surface area contributed by atoms with Crippen LogP contribution in [0.25, 0.3) is 0 Å². The number of nitrogens with one attached hydrogen (secondary N) is 1. The molecule has 0 radical (unpaired) electrons. The second-order valence-electron chi connectivity index (χ2n) is 6.42. The molecule has 2 aliphatic rings. The Hall–Kier alpha value is -0.0800. The number of ether oxygens (including phenoxy) is 1. The lowest BCUT2D eigenvalue weighted by Gasteiger charge is -2.38. The van der Waals surface area contributed by atoms with Crippen LogP contribution < -0.4 is 5.32 Å². The summed E-state index contributed by atoms with van der Waals surface area (Å²) >= 11 is 0. The van der Waals surface area contributed by atoms with Gasteiger partial charge < -0.3 is 10.1 Å². The summed E-state index contributed by atoms with van der Waals surface area (Å²) in [4.78, 5) is 0. The topological polar surface area (TPSA) is 21.3 Å². The Morgan fingerprint density at radius 3 is 2.76 bits per heavy atom. The fourth-order valence-electron chi connectivity index (χ4n) is 3.39. The fraction of sp³-hybridized carbons (Fsp3) is 1.00. The van der Waals surface area contributed by atoms with Crippen LogP contribution in [0.4, 0.5) is 0 Å². The van der Waals surface area contributed by atoms with Crippen molar-refractivity contribution in [2.45, 2.75) is 70.9 Å². The Kier molecular flexibility index (Phi) is 4.48. The van der Waals surface area contributed by atoms with Gasteiger partial charge in [-0.05, 0) is 51.0 Å². The van der Waals surface area contributed by atoms with E-state index in [9.17, 15) is 0 Å². The summed E-state index contributed by atoms with van der Waals surface area (Å²) in [7, 11) is 0. The van der Waals surface area contributed by atoms with Crippen molar-refractivity contribution >= 4 is 0 Å². The molecule has 0 aromatic carbocycles. The number of hydrogen-bond acceptors (Lipinski definition) is 2. The molecule has 0 aromatic rings. The zero-order valence-electron chi connectivity index (χ0n) is 11.8. The molecule has 0 amide bonds. The first-order valence-corrected chi connectivity index (χ1v) is 7.50. The van der Waals surface area contributed by atoms with Crippen molar-refractivity contribution in [3.63, 3.8) is 0 Å². The lowest BCUT2D eigenvalue weighted by atomic mass is 9.89. The third-order valence-corrected chi connectivity index (χ3v) is 5.05. The molecule has 17 heavy (non-hydrogen) atoms. The lowest BCUT2D eigenvalue weighted by molar-refractivity contribution is -0.0783. The zero-order chi connectivity index (χ0) is 12.3. The molecule has 1 saturated heterocycles. The Bertz CT molecular complexity index is 243. The van der Waals surface area contributed by atoms with Crippen LogP contribution in [0.1, 0.15) is 59.3 Å². The maximum Gasteiger partial charge on any atom is 0.0666 e. The van der Waals surface area contributed by atoms with Crippen molar-refractivity contribution in [2.24, 2.45) is 11.8 Å². The molecule has 1 aliphatic carbocycles. The largest absolute Gasteiger partial charge is 0.375 e.